The summed E-state index contributed by atoms with van der Waals surface area (Å²) in [4.78, 5) is 13.2. The van der Waals surface area contributed by atoms with E-state index in [4.69, 9.17) is 14.2 Å². The fourth-order valence-corrected chi connectivity index (χ4v) is 3.75. The van der Waals surface area contributed by atoms with E-state index in [2.05, 4.69) is 36.7 Å². The van der Waals surface area contributed by atoms with Crippen molar-refractivity contribution in [2.24, 2.45) is 5.10 Å². The molecule has 8 nitrogen and oxygen atoms in total. The van der Waals surface area contributed by atoms with Crippen molar-refractivity contribution in [3.8, 4) is 27.8 Å². The average molecular weight is 465 g/mol. The molecule has 0 saturated heterocycles. The van der Waals surface area contributed by atoms with Crippen molar-refractivity contribution >= 4 is 39.4 Å². The lowest BCUT2D eigenvalue weighted by atomic mass is 10.2. The van der Waals surface area contributed by atoms with Gasteiger partial charge in [0, 0.05) is 11.6 Å². The molecule has 10 heteroatoms. The molecule has 2 N–H and O–H groups in total. The number of nitrogens with zero attached hydrogens (tertiary/aromatic N) is 2. The maximum atomic E-state index is 12.3. The third kappa shape index (κ3) is 4.34. The van der Waals surface area contributed by atoms with Gasteiger partial charge in [0.05, 0.1) is 41.9 Å². The van der Waals surface area contributed by atoms with Crippen molar-refractivity contribution in [2.75, 3.05) is 21.3 Å². The number of thiophene rings is 1. The first-order valence-electron chi connectivity index (χ1n) is 8.00. The van der Waals surface area contributed by atoms with Gasteiger partial charge in [-0.1, -0.05) is 0 Å². The summed E-state index contributed by atoms with van der Waals surface area (Å²) in [6, 6.07) is 8.92. The van der Waals surface area contributed by atoms with Gasteiger partial charge >= 0.3 is 0 Å². The number of carbonyl (C=O) groups excluding carboxylic acids is 1. The Balaban J connectivity index is 1.72. The predicted molar refractivity (Wildman–Crippen MR) is 111 cm³/mol. The molecule has 28 heavy (non-hydrogen) atoms. The molecular formula is C18H17BrN4O4S. The SMILES string of the molecule is COc1cc(OC)c(OC)cc1C=NNC(=O)c1cc(-c2ccc(Br)s2)[nH]n1. The number of ether oxygens (including phenoxy) is 3. The number of methoxy groups -OCH3 is 3. The van der Waals surface area contributed by atoms with Gasteiger partial charge in [0.15, 0.2) is 17.2 Å². The van der Waals surface area contributed by atoms with Crippen LogP contribution >= 0.6 is 27.3 Å². The Morgan fingerprint density at radius 1 is 1.14 bits per heavy atom. The summed E-state index contributed by atoms with van der Waals surface area (Å²) in [6.07, 6.45) is 1.46. The maximum Gasteiger partial charge on any atom is 0.291 e. The maximum absolute atomic E-state index is 12.3. The zero-order chi connectivity index (χ0) is 20.1. The van der Waals surface area contributed by atoms with Crippen molar-refractivity contribution in [2.45, 2.75) is 0 Å². The van der Waals surface area contributed by atoms with Gasteiger partial charge in [-0.05, 0) is 40.2 Å². The summed E-state index contributed by atoms with van der Waals surface area (Å²) in [5.41, 5.74) is 4.05. The molecule has 146 valence electrons. The van der Waals surface area contributed by atoms with Crippen LogP contribution in [0.2, 0.25) is 0 Å². The van der Waals surface area contributed by atoms with E-state index < -0.39 is 5.91 Å². The van der Waals surface area contributed by atoms with Crippen LogP contribution in [0.1, 0.15) is 16.1 Å². The molecule has 0 aliphatic rings. The summed E-state index contributed by atoms with van der Waals surface area (Å²) < 4.78 is 16.8. The van der Waals surface area contributed by atoms with Gasteiger partial charge in [0.25, 0.3) is 5.91 Å². The van der Waals surface area contributed by atoms with Crippen LogP contribution < -0.4 is 19.6 Å². The molecule has 2 aromatic heterocycles. The summed E-state index contributed by atoms with van der Waals surface area (Å²) >= 11 is 4.95. The smallest absolute Gasteiger partial charge is 0.291 e. The molecule has 0 aliphatic carbocycles. The fourth-order valence-electron chi connectivity index (χ4n) is 2.39. The molecule has 0 spiro atoms. The number of rotatable bonds is 7. The van der Waals surface area contributed by atoms with E-state index in [-0.39, 0.29) is 5.69 Å². The first-order chi connectivity index (χ1) is 13.5. The second kappa shape index (κ2) is 8.89. The van der Waals surface area contributed by atoms with Crippen LogP contribution in [0.5, 0.6) is 17.2 Å². The Morgan fingerprint density at radius 2 is 1.86 bits per heavy atom. The summed E-state index contributed by atoms with van der Waals surface area (Å²) in [6.45, 7) is 0. The Kier molecular flexibility index (Phi) is 6.32. The average Bonchev–Trinajstić information content (AvgIpc) is 3.36. The molecule has 3 aromatic rings. The number of aromatic amines is 1. The van der Waals surface area contributed by atoms with E-state index in [1.54, 1.807) is 18.2 Å². The summed E-state index contributed by atoms with van der Waals surface area (Å²) in [5, 5.41) is 10.9. The second-order valence-electron chi connectivity index (χ2n) is 5.42. The predicted octanol–water partition coefficient (Wildman–Crippen LogP) is 3.69. The molecule has 1 amide bonds. The molecule has 0 aliphatic heterocycles. The molecule has 0 saturated carbocycles. The lowest BCUT2D eigenvalue weighted by Gasteiger charge is -2.11. The standard InChI is InChI=1S/C18H17BrN4O4S/c1-25-13-8-15(27-3)14(26-2)6-10(13)9-20-23-18(24)12-7-11(21-22-12)16-4-5-17(19)28-16/h4-9H,1-3H3,(H,21,22)(H,23,24). The minimum Gasteiger partial charge on any atom is -0.496 e. The Labute approximate surface area is 173 Å². The van der Waals surface area contributed by atoms with Gasteiger partial charge in [-0.25, -0.2) is 5.43 Å². The van der Waals surface area contributed by atoms with E-state index in [0.29, 0.717) is 22.8 Å². The van der Waals surface area contributed by atoms with Crippen molar-refractivity contribution in [1.82, 2.24) is 15.6 Å². The van der Waals surface area contributed by atoms with Gasteiger partial charge in [-0.3, -0.25) is 9.89 Å². The van der Waals surface area contributed by atoms with E-state index >= 15 is 0 Å². The van der Waals surface area contributed by atoms with E-state index in [0.717, 1.165) is 14.4 Å². The lowest BCUT2D eigenvalue weighted by molar-refractivity contribution is 0.0950. The number of aromatic nitrogens is 2. The normalized spacial score (nSPS) is 10.9. The molecular weight excluding hydrogens is 448 g/mol. The molecule has 0 unspecified atom stereocenters. The third-order valence-corrected chi connectivity index (χ3v) is 5.41. The number of carbonyl (C=O) groups is 1. The molecule has 0 atom stereocenters. The number of amides is 1. The first kappa shape index (κ1) is 19.9. The van der Waals surface area contributed by atoms with Crippen molar-refractivity contribution in [3.05, 3.63) is 45.4 Å². The Morgan fingerprint density at radius 3 is 2.50 bits per heavy atom. The van der Waals surface area contributed by atoms with Crippen LogP contribution in [0, 0.1) is 0 Å². The highest BCUT2D eigenvalue weighted by Crippen LogP contribution is 2.33. The number of hydrazone groups is 1. The molecule has 2 heterocycles. The minimum atomic E-state index is -0.436. The molecule has 0 radical (unpaired) electrons. The minimum absolute atomic E-state index is 0.232. The highest BCUT2D eigenvalue weighted by Gasteiger charge is 2.13. The Bertz CT molecular complexity index is 1010. The molecule has 3 rings (SSSR count). The van der Waals surface area contributed by atoms with Crippen LogP contribution in [0.4, 0.5) is 0 Å². The van der Waals surface area contributed by atoms with Crippen LogP contribution in [-0.4, -0.2) is 43.6 Å². The number of benzene rings is 1. The van der Waals surface area contributed by atoms with E-state index in [9.17, 15) is 4.79 Å². The quantitative estimate of drug-likeness (QED) is 0.410. The van der Waals surface area contributed by atoms with Crippen LogP contribution in [-0.2, 0) is 0 Å². The van der Waals surface area contributed by atoms with Gasteiger partial charge in [-0.15, -0.1) is 11.3 Å². The van der Waals surface area contributed by atoms with Crippen molar-refractivity contribution < 1.29 is 19.0 Å². The van der Waals surface area contributed by atoms with E-state index in [1.165, 1.54) is 38.9 Å². The second-order valence-corrected chi connectivity index (χ2v) is 7.88. The monoisotopic (exact) mass is 464 g/mol. The third-order valence-electron chi connectivity index (χ3n) is 3.75. The topological polar surface area (TPSA) is 97.8 Å². The van der Waals surface area contributed by atoms with Crippen LogP contribution in [0.15, 0.2) is 39.2 Å². The molecule has 0 fully saturated rings. The number of hydrogen-bond donors (Lipinski definition) is 2. The van der Waals surface area contributed by atoms with Crippen LogP contribution in [0.3, 0.4) is 0 Å². The van der Waals surface area contributed by atoms with Gasteiger partial charge in [0.1, 0.15) is 5.75 Å². The number of halogens is 1. The van der Waals surface area contributed by atoms with Gasteiger partial charge in [-0.2, -0.15) is 10.2 Å². The Hall–Kier alpha value is -2.85. The lowest BCUT2D eigenvalue weighted by Crippen LogP contribution is -2.18. The molecule has 0 bridgehead atoms. The number of nitrogens with one attached hydrogen (secondary N) is 2. The highest BCUT2D eigenvalue weighted by atomic mass is 79.9. The largest absolute Gasteiger partial charge is 0.496 e. The van der Waals surface area contributed by atoms with E-state index in [1.807, 2.05) is 12.1 Å². The molecule has 1 aromatic carbocycles. The fraction of sp³-hybridized carbons (Fsp3) is 0.167. The zero-order valence-corrected chi connectivity index (χ0v) is 17.7. The first-order valence-corrected chi connectivity index (χ1v) is 9.61. The highest BCUT2D eigenvalue weighted by molar-refractivity contribution is 9.11. The summed E-state index contributed by atoms with van der Waals surface area (Å²) in [7, 11) is 4.61. The summed E-state index contributed by atoms with van der Waals surface area (Å²) in [5.74, 6) is 1.15. The zero-order valence-electron chi connectivity index (χ0n) is 15.3. The van der Waals surface area contributed by atoms with Gasteiger partial charge < -0.3 is 14.2 Å². The number of H-pyrrole nitrogens is 1. The number of hydrogen-bond acceptors (Lipinski definition) is 7. The van der Waals surface area contributed by atoms with Crippen LogP contribution in [0.25, 0.3) is 10.6 Å². The van der Waals surface area contributed by atoms with Crippen molar-refractivity contribution in [1.29, 1.82) is 0 Å². The van der Waals surface area contributed by atoms with Crippen molar-refractivity contribution in [3.63, 3.8) is 0 Å². The van der Waals surface area contributed by atoms with Gasteiger partial charge in [0.2, 0.25) is 0 Å².